The van der Waals surface area contributed by atoms with Crippen molar-refractivity contribution in [3.8, 4) is 0 Å². The Hall–Kier alpha value is -2.11. The summed E-state index contributed by atoms with van der Waals surface area (Å²) < 4.78 is 27.4. The van der Waals surface area contributed by atoms with Gasteiger partial charge >= 0.3 is 0 Å². The number of hydrogen-bond donors (Lipinski definition) is 1. The molecule has 0 amide bonds. The number of benzene rings is 2. The minimum Gasteiger partial charge on any atom is -0.361 e. The summed E-state index contributed by atoms with van der Waals surface area (Å²) in [6.45, 7) is 3.12. The minimum absolute atomic E-state index is 0.410. The SMILES string of the molecule is Cc1cccc(S(=O)(=O)N2CCC(Cc3c[nH]c4ccccc34)CC2)c1. The molecule has 2 aromatic carbocycles. The van der Waals surface area contributed by atoms with Crippen molar-refractivity contribution in [3.05, 3.63) is 65.9 Å². The van der Waals surface area contributed by atoms with Gasteiger partial charge in [-0.05, 0) is 61.4 Å². The van der Waals surface area contributed by atoms with E-state index in [0.717, 1.165) is 24.8 Å². The standard InChI is InChI=1S/C21H24N2O2S/c1-16-5-4-6-19(13-16)26(24,25)23-11-9-17(10-12-23)14-18-15-22-21-8-3-2-7-20(18)21/h2-8,13,15,17,22H,9-12,14H2,1H3. The van der Waals surface area contributed by atoms with Gasteiger partial charge in [-0.3, -0.25) is 0 Å². The molecule has 3 aromatic rings. The molecule has 4 nitrogen and oxygen atoms in total. The van der Waals surface area contributed by atoms with E-state index in [1.54, 1.807) is 16.4 Å². The summed E-state index contributed by atoms with van der Waals surface area (Å²) >= 11 is 0. The maximum Gasteiger partial charge on any atom is 0.243 e. The zero-order valence-corrected chi connectivity index (χ0v) is 15.8. The van der Waals surface area contributed by atoms with Crippen LogP contribution in [0.25, 0.3) is 10.9 Å². The van der Waals surface area contributed by atoms with Crippen LogP contribution in [0, 0.1) is 12.8 Å². The lowest BCUT2D eigenvalue weighted by molar-refractivity contribution is 0.273. The smallest absolute Gasteiger partial charge is 0.243 e. The Bertz CT molecular complexity index is 1020. The lowest BCUT2D eigenvalue weighted by Crippen LogP contribution is -2.38. The van der Waals surface area contributed by atoms with Crippen LogP contribution in [0.15, 0.2) is 59.6 Å². The van der Waals surface area contributed by atoms with Crippen molar-refractivity contribution in [2.45, 2.75) is 31.1 Å². The van der Waals surface area contributed by atoms with Gasteiger partial charge in [-0.1, -0.05) is 30.3 Å². The number of rotatable bonds is 4. The number of aromatic amines is 1. The van der Waals surface area contributed by atoms with Crippen molar-refractivity contribution in [2.24, 2.45) is 5.92 Å². The molecule has 0 bridgehead atoms. The Balaban J connectivity index is 1.44. The molecule has 2 heterocycles. The van der Waals surface area contributed by atoms with Gasteiger partial charge in [0.15, 0.2) is 0 Å². The van der Waals surface area contributed by atoms with Gasteiger partial charge < -0.3 is 4.98 Å². The summed E-state index contributed by atoms with van der Waals surface area (Å²) in [4.78, 5) is 3.74. The molecular formula is C21H24N2O2S. The Kier molecular flexibility index (Phi) is 4.59. The van der Waals surface area contributed by atoms with Gasteiger partial charge in [-0.15, -0.1) is 0 Å². The molecule has 1 saturated heterocycles. The maximum absolute atomic E-state index is 12.9. The lowest BCUT2D eigenvalue weighted by Gasteiger charge is -2.31. The number of aromatic nitrogens is 1. The van der Waals surface area contributed by atoms with Gasteiger partial charge in [-0.25, -0.2) is 8.42 Å². The van der Waals surface area contributed by atoms with Gasteiger partial charge in [0, 0.05) is 30.2 Å². The molecule has 5 heteroatoms. The van der Waals surface area contributed by atoms with Crippen molar-refractivity contribution >= 4 is 20.9 Å². The van der Waals surface area contributed by atoms with Gasteiger partial charge in [0.25, 0.3) is 0 Å². The highest BCUT2D eigenvalue weighted by molar-refractivity contribution is 7.89. The number of hydrogen-bond acceptors (Lipinski definition) is 2. The van der Waals surface area contributed by atoms with Crippen LogP contribution in [0.2, 0.25) is 0 Å². The van der Waals surface area contributed by atoms with Gasteiger partial charge in [0.1, 0.15) is 0 Å². The second-order valence-electron chi connectivity index (χ2n) is 7.23. The quantitative estimate of drug-likeness (QED) is 0.753. The molecule has 1 aromatic heterocycles. The largest absolute Gasteiger partial charge is 0.361 e. The van der Waals surface area contributed by atoms with Crippen LogP contribution >= 0.6 is 0 Å². The first-order valence-electron chi connectivity index (χ1n) is 9.16. The molecule has 1 fully saturated rings. The van der Waals surface area contributed by atoms with E-state index >= 15 is 0 Å². The number of aryl methyl sites for hydroxylation is 1. The molecule has 0 radical (unpaired) electrons. The number of piperidine rings is 1. The third-order valence-corrected chi connectivity index (χ3v) is 7.28. The van der Waals surface area contributed by atoms with Crippen molar-refractivity contribution in [3.63, 3.8) is 0 Å². The molecule has 0 saturated carbocycles. The summed E-state index contributed by atoms with van der Waals surface area (Å²) in [5, 5.41) is 1.28. The van der Waals surface area contributed by atoms with E-state index in [-0.39, 0.29) is 0 Å². The molecule has 26 heavy (non-hydrogen) atoms. The first-order chi connectivity index (χ1) is 12.5. The molecule has 1 aliphatic rings. The first-order valence-corrected chi connectivity index (χ1v) is 10.6. The Morgan fingerprint density at radius 3 is 2.62 bits per heavy atom. The molecule has 136 valence electrons. The van der Waals surface area contributed by atoms with E-state index in [1.807, 2.05) is 25.1 Å². The molecule has 0 unspecified atom stereocenters. The average Bonchev–Trinajstić information content (AvgIpc) is 3.05. The van der Waals surface area contributed by atoms with Crippen LogP contribution in [0.1, 0.15) is 24.0 Å². The van der Waals surface area contributed by atoms with Crippen molar-refractivity contribution in [2.75, 3.05) is 13.1 Å². The molecule has 4 rings (SSSR count). The van der Waals surface area contributed by atoms with E-state index in [2.05, 4.69) is 29.4 Å². The van der Waals surface area contributed by atoms with Crippen LogP contribution in [0.4, 0.5) is 0 Å². The summed E-state index contributed by atoms with van der Waals surface area (Å²) in [6, 6.07) is 15.5. The number of nitrogens with zero attached hydrogens (tertiary/aromatic N) is 1. The zero-order valence-electron chi connectivity index (χ0n) is 15.0. The molecule has 1 N–H and O–H groups in total. The van der Waals surface area contributed by atoms with Crippen molar-refractivity contribution in [1.82, 2.24) is 9.29 Å². The molecule has 0 spiro atoms. The van der Waals surface area contributed by atoms with Gasteiger partial charge in [0.2, 0.25) is 10.0 Å². The number of para-hydroxylation sites is 1. The summed E-state index contributed by atoms with van der Waals surface area (Å²) in [6.07, 6.45) is 4.91. The van der Waals surface area contributed by atoms with E-state index in [0.29, 0.717) is 23.9 Å². The minimum atomic E-state index is -3.38. The fourth-order valence-corrected chi connectivity index (χ4v) is 5.47. The fourth-order valence-electron chi connectivity index (χ4n) is 3.89. The zero-order chi connectivity index (χ0) is 18.1. The second-order valence-corrected chi connectivity index (χ2v) is 9.17. The van der Waals surface area contributed by atoms with Crippen LogP contribution in [0.3, 0.4) is 0 Å². The van der Waals surface area contributed by atoms with E-state index < -0.39 is 10.0 Å². The average molecular weight is 369 g/mol. The van der Waals surface area contributed by atoms with Crippen LogP contribution in [0.5, 0.6) is 0 Å². The summed E-state index contributed by atoms with van der Waals surface area (Å²) in [5.74, 6) is 0.526. The normalized spacial score (nSPS) is 17.0. The predicted octanol–water partition coefficient (Wildman–Crippen LogP) is 4.12. The van der Waals surface area contributed by atoms with Crippen LogP contribution in [-0.4, -0.2) is 30.8 Å². The number of H-pyrrole nitrogens is 1. The highest BCUT2D eigenvalue weighted by atomic mass is 32.2. The number of sulfonamides is 1. The second kappa shape index (κ2) is 6.89. The third-order valence-electron chi connectivity index (χ3n) is 5.38. The third kappa shape index (κ3) is 3.29. The van der Waals surface area contributed by atoms with Gasteiger partial charge in [0.05, 0.1) is 4.90 Å². The Morgan fingerprint density at radius 1 is 1.08 bits per heavy atom. The van der Waals surface area contributed by atoms with E-state index in [1.165, 1.54) is 16.5 Å². The summed E-state index contributed by atoms with van der Waals surface area (Å²) in [7, 11) is -3.38. The van der Waals surface area contributed by atoms with Crippen molar-refractivity contribution < 1.29 is 8.42 Å². The highest BCUT2D eigenvalue weighted by Crippen LogP contribution is 2.28. The van der Waals surface area contributed by atoms with E-state index in [9.17, 15) is 8.42 Å². The number of fused-ring (bicyclic) bond motifs is 1. The Labute approximate surface area is 154 Å². The first kappa shape index (κ1) is 17.3. The maximum atomic E-state index is 12.9. The van der Waals surface area contributed by atoms with Crippen LogP contribution in [-0.2, 0) is 16.4 Å². The predicted molar refractivity (Wildman–Crippen MR) is 105 cm³/mol. The fraction of sp³-hybridized carbons (Fsp3) is 0.333. The van der Waals surface area contributed by atoms with Gasteiger partial charge in [-0.2, -0.15) is 4.31 Å². The topological polar surface area (TPSA) is 53.2 Å². The molecular weight excluding hydrogens is 344 g/mol. The molecule has 0 aliphatic carbocycles. The van der Waals surface area contributed by atoms with Crippen LogP contribution < -0.4 is 0 Å². The lowest BCUT2D eigenvalue weighted by atomic mass is 9.91. The van der Waals surface area contributed by atoms with Crippen molar-refractivity contribution in [1.29, 1.82) is 0 Å². The Morgan fingerprint density at radius 2 is 1.85 bits per heavy atom. The molecule has 0 atom stereocenters. The summed E-state index contributed by atoms with van der Waals surface area (Å²) in [5.41, 5.74) is 3.47. The monoisotopic (exact) mass is 368 g/mol. The number of nitrogens with one attached hydrogen (secondary N) is 1. The molecule has 1 aliphatic heterocycles. The highest BCUT2D eigenvalue weighted by Gasteiger charge is 2.29. The van der Waals surface area contributed by atoms with E-state index in [4.69, 9.17) is 0 Å².